The van der Waals surface area contributed by atoms with Crippen LogP contribution in [0.5, 0.6) is 0 Å². The van der Waals surface area contributed by atoms with Crippen LogP contribution in [0.25, 0.3) is 6.08 Å². The van der Waals surface area contributed by atoms with Crippen molar-refractivity contribution in [2.24, 2.45) is 0 Å². The lowest BCUT2D eigenvalue weighted by molar-refractivity contribution is -0.122. The van der Waals surface area contributed by atoms with Crippen LogP contribution < -0.4 is 5.32 Å². The number of hydrogen-bond donors (Lipinski definition) is 1. The Morgan fingerprint density at radius 1 is 1.36 bits per heavy atom. The highest BCUT2D eigenvalue weighted by Crippen LogP contribution is 2.32. The minimum atomic E-state index is -0.338. The van der Waals surface area contributed by atoms with Crippen LogP contribution in [-0.4, -0.2) is 37.9 Å². The summed E-state index contributed by atoms with van der Waals surface area (Å²) in [6.45, 7) is 2.21. The van der Waals surface area contributed by atoms with Gasteiger partial charge in [-0.15, -0.1) is 0 Å². The first-order valence-corrected chi connectivity index (χ1v) is 9.82. The predicted octanol–water partition coefficient (Wildman–Crippen LogP) is 3.39. The Kier molecular flexibility index (Phi) is 6.53. The Bertz CT molecular complexity index is 927. The van der Waals surface area contributed by atoms with E-state index in [-0.39, 0.29) is 24.1 Å². The van der Waals surface area contributed by atoms with Crippen LogP contribution in [0.3, 0.4) is 0 Å². The van der Waals surface area contributed by atoms with Crippen molar-refractivity contribution < 1.29 is 18.6 Å². The molecule has 0 aliphatic carbocycles. The maximum absolute atomic E-state index is 13.0. The number of carbonyl (C=O) groups is 2. The van der Waals surface area contributed by atoms with Crippen LogP contribution in [0.4, 0.5) is 10.2 Å². The van der Waals surface area contributed by atoms with Crippen LogP contribution in [0.1, 0.15) is 31.0 Å². The summed E-state index contributed by atoms with van der Waals surface area (Å²) in [5, 5.41) is 10.00. The van der Waals surface area contributed by atoms with Gasteiger partial charge >= 0.3 is 0 Å². The van der Waals surface area contributed by atoms with Crippen molar-refractivity contribution in [3.8, 4) is 0 Å². The third-order valence-electron chi connectivity index (χ3n) is 3.98. The molecule has 1 aliphatic heterocycles. The van der Waals surface area contributed by atoms with Gasteiger partial charge in [0.2, 0.25) is 11.7 Å². The second kappa shape index (κ2) is 9.07. The van der Waals surface area contributed by atoms with E-state index in [4.69, 9.17) is 12.2 Å². The number of thiocarbonyl (C=S) groups is 1. The Labute approximate surface area is 170 Å². The van der Waals surface area contributed by atoms with Gasteiger partial charge in [0.15, 0.2) is 0 Å². The molecule has 0 spiro atoms. The van der Waals surface area contributed by atoms with E-state index in [2.05, 4.69) is 20.3 Å². The molecule has 0 unspecified atom stereocenters. The minimum absolute atomic E-state index is 0.198. The number of halogens is 1. The molecule has 1 aromatic carbocycles. The van der Waals surface area contributed by atoms with E-state index in [9.17, 15) is 14.0 Å². The number of aryl methyl sites for hydroxylation is 1. The van der Waals surface area contributed by atoms with Gasteiger partial charge in [0.25, 0.3) is 5.91 Å². The second-order valence-electron chi connectivity index (χ2n) is 5.95. The number of thioether (sulfide) groups is 1. The molecule has 7 nitrogen and oxygen atoms in total. The Morgan fingerprint density at radius 2 is 2.11 bits per heavy atom. The number of hydrogen-bond acceptors (Lipinski definition) is 7. The molecule has 1 aromatic heterocycles. The summed E-state index contributed by atoms with van der Waals surface area (Å²) in [6, 6.07) is 5.85. The standard InChI is InChI=1S/C18H17FN4O3S2/c1-2-13-16(22-26-21-13)20-15(24)4-3-9-23-17(25)14(28-18(23)27)10-11-5-7-12(19)8-6-11/h5-8,10H,2-4,9H2,1H3,(H,20,22,24)/b14-10-. The van der Waals surface area contributed by atoms with Gasteiger partial charge in [0.05, 0.1) is 4.91 Å². The lowest BCUT2D eigenvalue weighted by atomic mass is 10.2. The van der Waals surface area contributed by atoms with Gasteiger partial charge < -0.3 is 5.32 Å². The first-order valence-electron chi connectivity index (χ1n) is 8.60. The van der Waals surface area contributed by atoms with Gasteiger partial charge in [-0.3, -0.25) is 14.5 Å². The van der Waals surface area contributed by atoms with Crippen LogP contribution in [0.15, 0.2) is 33.8 Å². The van der Waals surface area contributed by atoms with E-state index in [0.29, 0.717) is 45.7 Å². The van der Waals surface area contributed by atoms with Crippen LogP contribution >= 0.6 is 24.0 Å². The van der Waals surface area contributed by atoms with E-state index in [1.807, 2.05) is 6.92 Å². The summed E-state index contributed by atoms with van der Waals surface area (Å²) in [5.41, 5.74) is 1.30. The monoisotopic (exact) mass is 420 g/mol. The molecule has 2 heterocycles. The minimum Gasteiger partial charge on any atom is -0.306 e. The molecule has 0 atom stereocenters. The molecule has 0 bridgehead atoms. The topological polar surface area (TPSA) is 88.3 Å². The van der Waals surface area contributed by atoms with Gasteiger partial charge in [-0.1, -0.05) is 48.2 Å². The van der Waals surface area contributed by atoms with Crippen LogP contribution in [-0.2, 0) is 16.0 Å². The zero-order chi connectivity index (χ0) is 20.1. The molecule has 1 N–H and O–H groups in total. The van der Waals surface area contributed by atoms with Crippen molar-refractivity contribution in [2.45, 2.75) is 26.2 Å². The summed E-state index contributed by atoms with van der Waals surface area (Å²) < 4.78 is 18.0. The fraction of sp³-hybridized carbons (Fsp3) is 0.278. The fourth-order valence-electron chi connectivity index (χ4n) is 2.53. The van der Waals surface area contributed by atoms with Crippen LogP contribution in [0.2, 0.25) is 0 Å². The number of amides is 2. The second-order valence-corrected chi connectivity index (χ2v) is 7.63. The Hall–Kier alpha value is -2.59. The SMILES string of the molecule is CCc1nonc1NC(=O)CCCN1C(=O)/C(=C/c2ccc(F)cc2)SC1=S. The lowest BCUT2D eigenvalue weighted by Gasteiger charge is -2.13. The third-order valence-corrected chi connectivity index (χ3v) is 5.35. The fourth-order valence-corrected chi connectivity index (χ4v) is 3.84. The van der Waals surface area contributed by atoms with Gasteiger partial charge in [0, 0.05) is 13.0 Å². The maximum Gasteiger partial charge on any atom is 0.266 e. The number of benzene rings is 1. The molecular formula is C18H17FN4O3S2. The number of anilines is 1. The quantitative estimate of drug-likeness (QED) is 0.542. The van der Waals surface area contributed by atoms with E-state index in [1.54, 1.807) is 18.2 Å². The molecule has 3 rings (SSSR count). The molecule has 28 heavy (non-hydrogen) atoms. The average Bonchev–Trinajstić information content (AvgIpc) is 3.22. The lowest BCUT2D eigenvalue weighted by Crippen LogP contribution is -2.29. The predicted molar refractivity (Wildman–Crippen MR) is 108 cm³/mol. The molecule has 1 aliphatic rings. The molecule has 10 heteroatoms. The summed E-state index contributed by atoms with van der Waals surface area (Å²) in [6.07, 6.45) is 2.91. The highest BCUT2D eigenvalue weighted by atomic mass is 32.2. The van der Waals surface area contributed by atoms with E-state index < -0.39 is 0 Å². The number of nitrogens with one attached hydrogen (secondary N) is 1. The molecule has 2 aromatic rings. The van der Waals surface area contributed by atoms with Crippen molar-refractivity contribution in [1.29, 1.82) is 0 Å². The Morgan fingerprint density at radius 3 is 2.82 bits per heavy atom. The van der Waals surface area contributed by atoms with E-state index >= 15 is 0 Å². The normalized spacial score (nSPS) is 15.5. The van der Waals surface area contributed by atoms with Crippen molar-refractivity contribution in [3.05, 3.63) is 46.2 Å². The smallest absolute Gasteiger partial charge is 0.266 e. The van der Waals surface area contributed by atoms with Crippen molar-refractivity contribution in [1.82, 2.24) is 15.2 Å². The number of nitrogens with zero attached hydrogens (tertiary/aromatic N) is 3. The zero-order valence-corrected chi connectivity index (χ0v) is 16.6. The molecular weight excluding hydrogens is 403 g/mol. The van der Waals surface area contributed by atoms with Crippen molar-refractivity contribution in [2.75, 3.05) is 11.9 Å². The summed E-state index contributed by atoms with van der Waals surface area (Å²) in [5.74, 6) is -0.470. The molecule has 2 amide bonds. The molecule has 1 saturated heterocycles. The van der Waals surface area contributed by atoms with Crippen molar-refractivity contribution >= 4 is 52.0 Å². The summed E-state index contributed by atoms with van der Waals surface area (Å²) in [7, 11) is 0. The van der Waals surface area contributed by atoms with Crippen LogP contribution in [0, 0.1) is 5.82 Å². The van der Waals surface area contributed by atoms with Crippen molar-refractivity contribution in [3.63, 3.8) is 0 Å². The summed E-state index contributed by atoms with van der Waals surface area (Å²) in [4.78, 5) is 26.5. The van der Waals surface area contributed by atoms with Gasteiger partial charge in [-0.2, -0.15) is 0 Å². The molecule has 0 radical (unpaired) electrons. The molecule has 0 saturated carbocycles. The highest BCUT2D eigenvalue weighted by Gasteiger charge is 2.31. The van der Waals surface area contributed by atoms with Gasteiger partial charge in [-0.05, 0) is 41.8 Å². The first kappa shape index (κ1) is 20.2. The number of aromatic nitrogens is 2. The van der Waals surface area contributed by atoms with E-state index in [0.717, 1.165) is 0 Å². The molecule has 1 fully saturated rings. The maximum atomic E-state index is 13.0. The molecule has 146 valence electrons. The Balaban J connectivity index is 1.53. The average molecular weight is 420 g/mol. The zero-order valence-electron chi connectivity index (χ0n) is 15.0. The first-order chi connectivity index (χ1) is 13.5. The summed E-state index contributed by atoms with van der Waals surface area (Å²) >= 11 is 6.47. The number of carbonyl (C=O) groups excluding carboxylic acids is 2. The third kappa shape index (κ3) is 4.82. The highest BCUT2D eigenvalue weighted by molar-refractivity contribution is 8.26. The van der Waals surface area contributed by atoms with Gasteiger partial charge in [0.1, 0.15) is 15.8 Å². The number of rotatable bonds is 7. The van der Waals surface area contributed by atoms with E-state index in [1.165, 1.54) is 28.8 Å². The largest absolute Gasteiger partial charge is 0.306 e. The van der Waals surface area contributed by atoms with Gasteiger partial charge in [-0.25, -0.2) is 9.02 Å².